The molecule has 0 saturated carbocycles. The predicted molar refractivity (Wildman–Crippen MR) is 114 cm³/mol. The van der Waals surface area contributed by atoms with Crippen molar-refractivity contribution < 1.29 is 31.1 Å². The zero-order valence-electron chi connectivity index (χ0n) is 17.2. The van der Waals surface area contributed by atoms with E-state index >= 15 is 0 Å². The third-order valence-corrected chi connectivity index (χ3v) is 5.79. The lowest BCUT2D eigenvalue weighted by Gasteiger charge is -2.10. The van der Waals surface area contributed by atoms with Crippen LogP contribution in [0.3, 0.4) is 0 Å². The summed E-state index contributed by atoms with van der Waals surface area (Å²) in [5, 5.41) is 1.72. The molecule has 0 unspecified atom stereocenters. The second-order valence-corrected chi connectivity index (χ2v) is 8.69. The fourth-order valence-electron chi connectivity index (χ4n) is 2.70. The van der Waals surface area contributed by atoms with E-state index in [0.29, 0.717) is 18.1 Å². The van der Waals surface area contributed by atoms with Crippen molar-refractivity contribution in [2.24, 2.45) is 0 Å². The van der Waals surface area contributed by atoms with Gasteiger partial charge >= 0.3 is 6.18 Å². The van der Waals surface area contributed by atoms with E-state index in [1.54, 1.807) is 17.4 Å². The van der Waals surface area contributed by atoms with Gasteiger partial charge in [-0.1, -0.05) is 30.3 Å². The molecule has 0 atom stereocenters. The van der Waals surface area contributed by atoms with E-state index in [1.807, 2.05) is 30.3 Å². The number of ether oxygens (including phenoxy) is 1. The molecule has 0 aliphatic rings. The Labute approximate surface area is 188 Å². The molecule has 33 heavy (non-hydrogen) atoms. The topological polar surface area (TPSA) is 97.4 Å². The van der Waals surface area contributed by atoms with E-state index in [-0.39, 0.29) is 17.0 Å². The van der Waals surface area contributed by atoms with Crippen LogP contribution in [0.4, 0.5) is 13.2 Å². The van der Waals surface area contributed by atoms with Crippen LogP contribution >= 0.6 is 0 Å². The molecule has 0 bridgehead atoms. The van der Waals surface area contributed by atoms with Crippen LogP contribution in [0, 0.1) is 0 Å². The predicted octanol–water partition coefficient (Wildman–Crippen LogP) is 3.43. The van der Waals surface area contributed by atoms with Crippen LogP contribution in [0.1, 0.15) is 21.5 Å². The highest BCUT2D eigenvalue weighted by Crippen LogP contribution is 2.16. The minimum atomic E-state index is -4.54. The molecule has 3 rings (SSSR count). The van der Waals surface area contributed by atoms with Crippen molar-refractivity contribution in [3.8, 4) is 5.88 Å². The van der Waals surface area contributed by atoms with Crippen LogP contribution in [-0.2, 0) is 23.2 Å². The Kier molecular flexibility index (Phi) is 7.67. The van der Waals surface area contributed by atoms with Gasteiger partial charge < -0.3 is 10.1 Å². The highest BCUT2D eigenvalue weighted by Gasteiger charge is 2.28. The summed E-state index contributed by atoms with van der Waals surface area (Å²) in [7, 11) is -3.93. The van der Waals surface area contributed by atoms with Gasteiger partial charge in [0, 0.05) is 24.4 Å². The lowest BCUT2D eigenvalue weighted by Crippen LogP contribution is -2.33. The van der Waals surface area contributed by atoms with Gasteiger partial charge in [-0.15, -0.1) is 0 Å². The highest BCUT2D eigenvalue weighted by molar-refractivity contribution is 7.89. The molecule has 0 spiro atoms. The van der Waals surface area contributed by atoms with Crippen molar-refractivity contribution in [3.63, 3.8) is 0 Å². The normalized spacial score (nSPS) is 11.7. The van der Waals surface area contributed by atoms with E-state index in [0.717, 1.165) is 29.8 Å². The van der Waals surface area contributed by atoms with Crippen LogP contribution in [0.5, 0.6) is 5.88 Å². The maximum atomic E-state index is 12.5. The Morgan fingerprint density at radius 3 is 2.33 bits per heavy atom. The van der Waals surface area contributed by atoms with Gasteiger partial charge in [0.2, 0.25) is 15.9 Å². The number of alkyl halides is 3. The van der Waals surface area contributed by atoms with Gasteiger partial charge in [-0.05, 0) is 41.5 Å². The molecular weight excluding hydrogens is 459 g/mol. The minimum Gasteiger partial charge on any atom is -0.473 e. The summed E-state index contributed by atoms with van der Waals surface area (Å²) in [5.41, 5.74) is 1.48. The smallest absolute Gasteiger partial charge is 0.405 e. The molecule has 174 valence electrons. The fraction of sp³-hybridized carbons (Fsp3) is 0.182. The first-order chi connectivity index (χ1) is 15.6. The summed E-state index contributed by atoms with van der Waals surface area (Å²) >= 11 is 0. The molecule has 0 aliphatic heterocycles. The fourth-order valence-corrected chi connectivity index (χ4v) is 3.72. The molecular formula is C22H20F3N3O4S. The van der Waals surface area contributed by atoms with Gasteiger partial charge in [0.05, 0.1) is 4.90 Å². The summed E-state index contributed by atoms with van der Waals surface area (Å²) in [6.07, 6.45) is -3.04. The van der Waals surface area contributed by atoms with Gasteiger partial charge in [0.25, 0.3) is 5.91 Å². The van der Waals surface area contributed by atoms with Crippen LogP contribution in [0.25, 0.3) is 0 Å². The van der Waals surface area contributed by atoms with Crippen molar-refractivity contribution in [2.45, 2.75) is 24.2 Å². The lowest BCUT2D eigenvalue weighted by molar-refractivity contribution is -0.123. The monoisotopic (exact) mass is 479 g/mol. The second kappa shape index (κ2) is 10.5. The number of nitrogens with one attached hydrogen (secondary N) is 2. The van der Waals surface area contributed by atoms with Gasteiger partial charge in [0.15, 0.2) is 0 Å². The van der Waals surface area contributed by atoms with Crippen molar-refractivity contribution in [3.05, 3.63) is 89.6 Å². The first-order valence-electron chi connectivity index (χ1n) is 9.69. The Morgan fingerprint density at radius 2 is 1.67 bits per heavy atom. The van der Waals surface area contributed by atoms with E-state index < -0.39 is 28.7 Å². The summed E-state index contributed by atoms with van der Waals surface area (Å²) in [5.74, 6) is -0.617. The van der Waals surface area contributed by atoms with Crippen molar-refractivity contribution >= 4 is 15.9 Å². The quantitative estimate of drug-likeness (QED) is 0.490. The van der Waals surface area contributed by atoms with Crippen molar-refractivity contribution in [1.29, 1.82) is 0 Å². The van der Waals surface area contributed by atoms with Gasteiger partial charge in [0.1, 0.15) is 13.2 Å². The molecule has 2 N–H and O–H groups in total. The summed E-state index contributed by atoms with van der Waals surface area (Å²) < 4.78 is 69.7. The van der Waals surface area contributed by atoms with Crippen LogP contribution in [-0.4, -0.2) is 32.0 Å². The Morgan fingerprint density at radius 1 is 0.970 bits per heavy atom. The molecule has 7 nitrogen and oxygen atoms in total. The standard InChI is InChI=1S/C22H20F3N3O4S/c23-22(24,25)15-27-21(29)18-6-8-19(9-7-18)33(30,31)28-13-17-10-11-26-20(12-17)32-14-16-4-2-1-3-5-16/h1-12,28H,13-15H2,(H,27,29). The number of carbonyl (C=O) groups is 1. The Balaban J connectivity index is 1.58. The number of pyridine rings is 1. The number of aromatic nitrogens is 1. The lowest BCUT2D eigenvalue weighted by atomic mass is 10.2. The molecule has 0 fully saturated rings. The number of hydrogen-bond acceptors (Lipinski definition) is 5. The molecule has 0 saturated heterocycles. The Hall–Kier alpha value is -3.44. The minimum absolute atomic E-state index is 0.0413. The summed E-state index contributed by atoms with van der Waals surface area (Å²) in [4.78, 5) is 15.7. The average Bonchev–Trinajstić information content (AvgIpc) is 2.80. The molecule has 0 radical (unpaired) electrons. The molecule has 0 aliphatic carbocycles. The van der Waals surface area contributed by atoms with E-state index in [4.69, 9.17) is 4.74 Å². The number of rotatable bonds is 9. The van der Waals surface area contributed by atoms with Crippen LogP contribution in [0.2, 0.25) is 0 Å². The molecule has 11 heteroatoms. The molecule has 1 aromatic heterocycles. The number of carbonyl (C=O) groups excluding carboxylic acids is 1. The molecule has 1 heterocycles. The average molecular weight is 479 g/mol. The molecule has 1 amide bonds. The van der Waals surface area contributed by atoms with E-state index in [9.17, 15) is 26.4 Å². The number of amides is 1. The summed E-state index contributed by atoms with van der Waals surface area (Å²) in [6.45, 7) is -1.21. The Bertz CT molecular complexity index is 1190. The number of benzene rings is 2. The molecule has 2 aromatic carbocycles. The first-order valence-corrected chi connectivity index (χ1v) is 11.2. The van der Waals surface area contributed by atoms with E-state index in [1.165, 1.54) is 6.20 Å². The van der Waals surface area contributed by atoms with Gasteiger partial charge in [-0.2, -0.15) is 13.2 Å². The van der Waals surface area contributed by atoms with Crippen molar-refractivity contribution in [2.75, 3.05) is 6.54 Å². The van der Waals surface area contributed by atoms with Crippen molar-refractivity contribution in [1.82, 2.24) is 15.0 Å². The summed E-state index contributed by atoms with van der Waals surface area (Å²) in [6, 6.07) is 17.3. The SMILES string of the molecule is O=C(NCC(F)(F)F)c1ccc(S(=O)(=O)NCc2ccnc(OCc3ccccc3)c2)cc1. The van der Waals surface area contributed by atoms with Gasteiger partial charge in [-0.25, -0.2) is 18.1 Å². The number of hydrogen-bond donors (Lipinski definition) is 2. The zero-order valence-corrected chi connectivity index (χ0v) is 18.0. The van der Waals surface area contributed by atoms with E-state index in [2.05, 4.69) is 9.71 Å². The first kappa shape index (κ1) is 24.2. The number of sulfonamides is 1. The zero-order chi connectivity index (χ0) is 23.9. The van der Waals surface area contributed by atoms with Crippen LogP contribution in [0.15, 0.2) is 77.8 Å². The largest absolute Gasteiger partial charge is 0.473 e. The number of halogens is 3. The maximum Gasteiger partial charge on any atom is 0.405 e. The van der Waals surface area contributed by atoms with Gasteiger partial charge in [-0.3, -0.25) is 4.79 Å². The third-order valence-electron chi connectivity index (χ3n) is 4.37. The maximum absolute atomic E-state index is 12.5. The second-order valence-electron chi connectivity index (χ2n) is 6.92. The molecule has 3 aromatic rings. The highest BCUT2D eigenvalue weighted by atomic mass is 32.2. The number of nitrogens with zero attached hydrogens (tertiary/aromatic N) is 1. The third kappa shape index (κ3) is 7.58. The van der Waals surface area contributed by atoms with Crippen LogP contribution < -0.4 is 14.8 Å².